The lowest BCUT2D eigenvalue weighted by Gasteiger charge is -2.48. The maximum absolute atomic E-state index is 13.5. The highest BCUT2D eigenvalue weighted by Gasteiger charge is 2.43. The molecule has 3 aromatic heterocycles. The summed E-state index contributed by atoms with van der Waals surface area (Å²) in [6.07, 6.45) is 3.46. The summed E-state index contributed by atoms with van der Waals surface area (Å²) in [7, 11) is 2.02. The fourth-order valence-electron chi connectivity index (χ4n) is 5.06. The van der Waals surface area contributed by atoms with Gasteiger partial charge in [0.1, 0.15) is 5.52 Å². The van der Waals surface area contributed by atoms with E-state index in [4.69, 9.17) is 15.2 Å². The second-order valence-corrected chi connectivity index (χ2v) is 11.8. The van der Waals surface area contributed by atoms with Gasteiger partial charge in [0.05, 0.1) is 29.8 Å². The Morgan fingerprint density at radius 2 is 2.03 bits per heavy atom. The molecule has 14 heteroatoms. The Kier molecular flexibility index (Phi) is 7.68. The highest BCUT2D eigenvalue weighted by Crippen LogP contribution is 2.35. The summed E-state index contributed by atoms with van der Waals surface area (Å²) >= 11 is 0.218. The number of thiazole rings is 1. The summed E-state index contributed by atoms with van der Waals surface area (Å²) in [6.45, 7) is 5.30. The fraction of sp³-hybridized carbons (Fsp3) is 0.609. The number of rotatable bonds is 9. The van der Waals surface area contributed by atoms with Gasteiger partial charge in [0.2, 0.25) is 5.95 Å². The summed E-state index contributed by atoms with van der Waals surface area (Å²) in [5, 5.41) is 28.7. The average Bonchev–Trinajstić information content (AvgIpc) is 3.56. The van der Waals surface area contributed by atoms with Gasteiger partial charge in [-0.25, -0.2) is 17.8 Å². The van der Waals surface area contributed by atoms with Crippen LogP contribution in [0.1, 0.15) is 45.2 Å². The van der Waals surface area contributed by atoms with E-state index in [0.29, 0.717) is 41.9 Å². The molecule has 0 amide bonds. The van der Waals surface area contributed by atoms with Crippen molar-refractivity contribution in [3.05, 3.63) is 17.3 Å². The third kappa shape index (κ3) is 5.06. The van der Waals surface area contributed by atoms with Crippen molar-refractivity contribution in [2.24, 2.45) is 5.92 Å². The third-order valence-corrected chi connectivity index (χ3v) is 9.70. The van der Waals surface area contributed by atoms with Crippen molar-refractivity contribution < 1.29 is 9.32 Å². The highest BCUT2D eigenvalue weighted by molar-refractivity contribution is 7.80. The Morgan fingerprint density at radius 1 is 1.30 bits per heavy atom. The van der Waals surface area contributed by atoms with Crippen molar-refractivity contribution in [2.45, 2.75) is 64.3 Å². The first-order valence-electron chi connectivity index (χ1n) is 12.6. The number of aliphatic hydroxyl groups excluding tert-OH is 1. The zero-order chi connectivity index (χ0) is 26.1. The zero-order valence-electron chi connectivity index (χ0n) is 21.2. The summed E-state index contributed by atoms with van der Waals surface area (Å²) in [6, 6.07) is 4.48. The van der Waals surface area contributed by atoms with E-state index < -0.39 is 11.2 Å². The predicted molar refractivity (Wildman–Crippen MR) is 143 cm³/mol. The first-order valence-corrected chi connectivity index (χ1v) is 14.5. The number of nitriles is 1. The maximum Gasteiger partial charge on any atom is 0.228 e. The molecule has 2 aliphatic heterocycles. The lowest BCUT2D eigenvalue weighted by atomic mass is 9.90. The molecule has 2 saturated heterocycles. The highest BCUT2D eigenvalue weighted by atomic mass is 32.2. The van der Waals surface area contributed by atoms with Crippen LogP contribution in [0.3, 0.4) is 0 Å². The molecular formula is C23H32N10O2S2. The monoisotopic (exact) mass is 544 g/mol. The summed E-state index contributed by atoms with van der Waals surface area (Å²) in [5.41, 5.74) is 3.02. The predicted octanol–water partition coefficient (Wildman–Crippen LogP) is 2.54. The number of hydrogen-bond acceptors (Lipinski definition) is 10. The number of nitrogens with zero attached hydrogens (tertiary/aromatic N) is 8. The normalized spacial score (nSPS) is 24.0. The standard InChI is InChI=1S/C23H32N10O2S2/c1-4-16-7-18(8-17(5-2)33(16)37(35)32-10-14(9-24)11-32)31(3)23-27-21(20-22(28-23)36-13-25-20)26-19-6-15(12-34)29-30-19/h6,13-14,16-18,34H,4-5,7-8,10-12H2,1-3H3,(H2,26,27,28,29,30). The number of aliphatic hydroxyl groups is 1. The van der Waals surface area contributed by atoms with Crippen LogP contribution in [0.2, 0.25) is 0 Å². The smallest absolute Gasteiger partial charge is 0.228 e. The molecule has 5 rings (SSSR count). The van der Waals surface area contributed by atoms with E-state index in [1.165, 1.54) is 11.3 Å². The van der Waals surface area contributed by atoms with E-state index in [9.17, 15) is 9.32 Å². The van der Waals surface area contributed by atoms with E-state index in [0.717, 1.165) is 30.5 Å². The van der Waals surface area contributed by atoms with Crippen LogP contribution in [0, 0.1) is 17.2 Å². The van der Waals surface area contributed by atoms with E-state index >= 15 is 0 Å². The molecule has 2 aliphatic rings. The number of hydrogen-bond donors (Lipinski definition) is 3. The summed E-state index contributed by atoms with van der Waals surface area (Å²) < 4.78 is 17.6. The Bertz CT molecular complexity index is 1290. The largest absolute Gasteiger partial charge is 0.390 e. The van der Waals surface area contributed by atoms with Gasteiger partial charge >= 0.3 is 0 Å². The number of H-pyrrole nitrogens is 1. The molecule has 5 heterocycles. The Labute approximate surface area is 222 Å². The minimum Gasteiger partial charge on any atom is -0.390 e. The van der Waals surface area contributed by atoms with Gasteiger partial charge in [-0.1, -0.05) is 13.8 Å². The van der Waals surface area contributed by atoms with Gasteiger partial charge in [0.25, 0.3) is 0 Å². The van der Waals surface area contributed by atoms with Crippen molar-refractivity contribution in [2.75, 3.05) is 30.4 Å². The van der Waals surface area contributed by atoms with E-state index in [-0.39, 0.29) is 30.7 Å². The van der Waals surface area contributed by atoms with Crippen molar-refractivity contribution >= 4 is 50.4 Å². The maximum atomic E-state index is 13.5. The van der Waals surface area contributed by atoms with Crippen LogP contribution in [0.15, 0.2) is 11.6 Å². The van der Waals surface area contributed by atoms with Crippen LogP contribution in [0.5, 0.6) is 0 Å². The number of piperidine rings is 1. The second kappa shape index (κ2) is 11.0. The molecule has 3 aromatic rings. The van der Waals surface area contributed by atoms with Gasteiger partial charge in [-0.2, -0.15) is 20.3 Å². The minimum atomic E-state index is -1.24. The Balaban J connectivity index is 1.37. The number of anilines is 3. The molecule has 0 bridgehead atoms. The molecule has 12 nitrogen and oxygen atoms in total. The molecule has 3 unspecified atom stereocenters. The molecule has 0 aromatic carbocycles. The number of aromatic nitrogens is 5. The summed E-state index contributed by atoms with van der Waals surface area (Å²) in [4.78, 5) is 17.0. The van der Waals surface area contributed by atoms with Gasteiger partial charge in [-0.15, -0.1) is 11.3 Å². The fourth-order valence-corrected chi connectivity index (χ4v) is 7.58. The van der Waals surface area contributed by atoms with Crippen LogP contribution in [0.25, 0.3) is 10.3 Å². The van der Waals surface area contributed by atoms with Crippen LogP contribution < -0.4 is 10.2 Å². The topological polar surface area (TPSA) is 150 Å². The molecule has 0 radical (unpaired) electrons. The quantitative estimate of drug-likeness (QED) is 0.369. The lowest BCUT2D eigenvalue weighted by Crippen LogP contribution is -2.60. The second-order valence-electron chi connectivity index (χ2n) is 9.56. The van der Waals surface area contributed by atoms with E-state index in [1.54, 1.807) is 11.6 Å². The summed E-state index contributed by atoms with van der Waals surface area (Å²) in [5.74, 6) is 1.68. The van der Waals surface area contributed by atoms with Gasteiger partial charge in [0, 0.05) is 44.3 Å². The number of fused-ring (bicyclic) bond motifs is 1. The van der Waals surface area contributed by atoms with Crippen LogP contribution >= 0.6 is 11.3 Å². The average molecular weight is 545 g/mol. The third-order valence-electron chi connectivity index (χ3n) is 7.28. The van der Waals surface area contributed by atoms with Crippen molar-refractivity contribution in [3.8, 4) is 6.07 Å². The minimum absolute atomic E-state index is 0.0221. The number of aromatic amines is 1. The molecule has 3 N–H and O–H groups in total. The van der Waals surface area contributed by atoms with Gasteiger partial charge in [0.15, 0.2) is 27.6 Å². The molecular weight excluding hydrogens is 512 g/mol. The Morgan fingerprint density at radius 3 is 2.65 bits per heavy atom. The lowest BCUT2D eigenvalue weighted by molar-refractivity contribution is 0.141. The molecule has 2 fully saturated rings. The zero-order valence-corrected chi connectivity index (χ0v) is 22.8. The Hall–Kier alpha value is -2.70. The number of nitrogens with one attached hydrogen (secondary N) is 2. The molecule has 198 valence electrons. The van der Waals surface area contributed by atoms with Crippen LogP contribution in [-0.2, 0) is 17.8 Å². The van der Waals surface area contributed by atoms with Crippen LogP contribution in [-0.4, -0.2) is 81.3 Å². The first-order chi connectivity index (χ1) is 17.9. The van der Waals surface area contributed by atoms with Gasteiger partial charge in [-0.05, 0) is 25.7 Å². The molecule has 0 aliphatic carbocycles. The van der Waals surface area contributed by atoms with Gasteiger partial charge in [-0.3, -0.25) is 5.10 Å². The van der Waals surface area contributed by atoms with E-state index in [1.807, 2.05) is 11.4 Å². The molecule has 0 spiro atoms. The van der Waals surface area contributed by atoms with E-state index in [2.05, 4.69) is 49.6 Å². The van der Waals surface area contributed by atoms with Gasteiger partial charge < -0.3 is 15.3 Å². The molecule has 37 heavy (non-hydrogen) atoms. The molecule has 3 atom stereocenters. The van der Waals surface area contributed by atoms with Crippen molar-refractivity contribution in [3.63, 3.8) is 0 Å². The SMILES string of the molecule is CCC1CC(N(C)c2nc(Nc3cc(CO)[nH]n3)c3ncsc3n2)CC(CC)N1S(=O)N1CC(C#N)C1. The van der Waals surface area contributed by atoms with Crippen molar-refractivity contribution in [1.29, 1.82) is 5.26 Å². The molecule has 0 saturated carbocycles. The van der Waals surface area contributed by atoms with Crippen LogP contribution in [0.4, 0.5) is 17.6 Å². The first kappa shape index (κ1) is 25.9. The van der Waals surface area contributed by atoms with Crippen molar-refractivity contribution in [1.82, 2.24) is 33.8 Å².